The maximum Gasteiger partial charge on any atom is 0.325 e. The highest BCUT2D eigenvalue weighted by Gasteiger charge is 2.51. The fourth-order valence-electron chi connectivity index (χ4n) is 2.78. The van der Waals surface area contributed by atoms with Gasteiger partial charge in [0.05, 0.1) is 17.7 Å². The Morgan fingerprint density at radius 1 is 1.29 bits per heavy atom. The van der Waals surface area contributed by atoms with E-state index in [9.17, 15) is 19.7 Å². The molecule has 1 aromatic heterocycles. The topological polar surface area (TPSA) is 106 Å². The number of amides is 3. The second-order valence-electron chi connectivity index (χ2n) is 5.74. The summed E-state index contributed by atoms with van der Waals surface area (Å²) in [5.41, 5.74) is -0.366. The summed E-state index contributed by atoms with van der Waals surface area (Å²) in [4.78, 5) is 36.5. The van der Waals surface area contributed by atoms with E-state index in [0.717, 1.165) is 4.90 Å². The standard InChI is InChI=1S/C16H15N3O5/c1-10-11(5-3-6-12(10)19(22)23)9-18-14(20)16(2,17-15(18)21)13-7-4-8-24-13/h3-8H,9H2,1-2H3,(H,17,21). The first-order valence-corrected chi connectivity index (χ1v) is 7.25. The lowest BCUT2D eigenvalue weighted by Gasteiger charge is -2.19. The van der Waals surface area contributed by atoms with E-state index < -0.39 is 22.4 Å². The molecule has 1 unspecified atom stereocenters. The van der Waals surface area contributed by atoms with Crippen LogP contribution in [-0.2, 0) is 16.9 Å². The van der Waals surface area contributed by atoms with Crippen molar-refractivity contribution in [3.05, 3.63) is 63.6 Å². The van der Waals surface area contributed by atoms with Gasteiger partial charge < -0.3 is 9.73 Å². The molecular formula is C16H15N3O5. The molecule has 0 radical (unpaired) electrons. The van der Waals surface area contributed by atoms with Crippen LogP contribution in [-0.4, -0.2) is 21.8 Å². The molecule has 2 heterocycles. The summed E-state index contributed by atoms with van der Waals surface area (Å²) >= 11 is 0. The monoisotopic (exact) mass is 329 g/mol. The van der Waals surface area contributed by atoms with Crippen molar-refractivity contribution in [2.24, 2.45) is 0 Å². The molecule has 8 heteroatoms. The van der Waals surface area contributed by atoms with Crippen LogP contribution in [0.25, 0.3) is 0 Å². The smallest absolute Gasteiger partial charge is 0.325 e. The van der Waals surface area contributed by atoms with Crippen LogP contribution in [0.15, 0.2) is 41.0 Å². The van der Waals surface area contributed by atoms with Gasteiger partial charge in [0.1, 0.15) is 5.76 Å². The molecule has 0 saturated carbocycles. The molecule has 0 aliphatic carbocycles. The summed E-state index contributed by atoms with van der Waals surface area (Å²) in [6.45, 7) is 3.11. The van der Waals surface area contributed by atoms with Crippen molar-refractivity contribution in [3.8, 4) is 0 Å². The Balaban J connectivity index is 1.92. The average Bonchev–Trinajstić information content (AvgIpc) is 3.13. The summed E-state index contributed by atoms with van der Waals surface area (Å²) in [6, 6.07) is 7.26. The summed E-state index contributed by atoms with van der Waals surface area (Å²) in [5.74, 6) is -0.132. The van der Waals surface area contributed by atoms with Gasteiger partial charge in [0.15, 0.2) is 5.54 Å². The molecule has 8 nitrogen and oxygen atoms in total. The van der Waals surface area contributed by atoms with E-state index in [2.05, 4.69) is 5.32 Å². The fraction of sp³-hybridized carbons (Fsp3) is 0.250. The summed E-state index contributed by atoms with van der Waals surface area (Å²) in [5, 5.41) is 13.7. The minimum absolute atomic E-state index is 0.0471. The molecular weight excluding hydrogens is 314 g/mol. The number of benzene rings is 1. The largest absolute Gasteiger partial charge is 0.466 e. The lowest BCUT2D eigenvalue weighted by molar-refractivity contribution is -0.385. The van der Waals surface area contributed by atoms with Crippen LogP contribution in [0, 0.1) is 17.0 Å². The van der Waals surface area contributed by atoms with Gasteiger partial charge >= 0.3 is 6.03 Å². The molecule has 2 aromatic rings. The quantitative estimate of drug-likeness (QED) is 0.527. The van der Waals surface area contributed by atoms with Gasteiger partial charge in [-0.25, -0.2) is 4.79 Å². The van der Waals surface area contributed by atoms with Crippen molar-refractivity contribution in [1.82, 2.24) is 10.2 Å². The van der Waals surface area contributed by atoms with Crippen molar-refractivity contribution in [2.75, 3.05) is 0 Å². The molecule has 3 rings (SSSR count). The Morgan fingerprint density at radius 2 is 2.04 bits per heavy atom. The summed E-state index contributed by atoms with van der Waals surface area (Å²) in [7, 11) is 0. The predicted molar refractivity (Wildman–Crippen MR) is 83.0 cm³/mol. The Labute approximate surface area is 137 Å². The van der Waals surface area contributed by atoms with Crippen molar-refractivity contribution < 1.29 is 18.9 Å². The lowest BCUT2D eigenvalue weighted by atomic mass is 9.99. The maximum absolute atomic E-state index is 12.7. The number of nitro groups is 1. The van der Waals surface area contributed by atoms with Crippen molar-refractivity contribution in [2.45, 2.75) is 25.9 Å². The molecule has 0 bridgehead atoms. The second kappa shape index (κ2) is 5.48. The van der Waals surface area contributed by atoms with E-state index in [-0.39, 0.29) is 12.2 Å². The first-order chi connectivity index (χ1) is 11.3. The number of urea groups is 1. The van der Waals surface area contributed by atoms with Gasteiger partial charge in [-0.1, -0.05) is 12.1 Å². The molecule has 24 heavy (non-hydrogen) atoms. The summed E-state index contributed by atoms with van der Waals surface area (Å²) < 4.78 is 5.26. The van der Waals surface area contributed by atoms with E-state index in [1.165, 1.54) is 18.4 Å². The molecule has 1 fully saturated rings. The zero-order valence-corrected chi connectivity index (χ0v) is 13.1. The Hall–Kier alpha value is -3.16. The number of furan rings is 1. The normalized spacial score (nSPS) is 20.3. The molecule has 0 spiro atoms. The Morgan fingerprint density at radius 3 is 2.67 bits per heavy atom. The molecule has 1 aliphatic rings. The molecule has 3 amide bonds. The third-order valence-electron chi connectivity index (χ3n) is 4.23. The van der Waals surface area contributed by atoms with Crippen LogP contribution in [0.1, 0.15) is 23.8 Å². The lowest BCUT2D eigenvalue weighted by Crippen LogP contribution is -2.40. The number of nitro benzene ring substituents is 1. The minimum atomic E-state index is -1.28. The van der Waals surface area contributed by atoms with Crippen LogP contribution < -0.4 is 5.32 Å². The number of imide groups is 1. The summed E-state index contributed by atoms with van der Waals surface area (Å²) in [6.07, 6.45) is 1.42. The van der Waals surface area contributed by atoms with Crippen molar-refractivity contribution >= 4 is 17.6 Å². The Kier molecular flexibility index (Phi) is 3.59. The second-order valence-corrected chi connectivity index (χ2v) is 5.74. The molecule has 1 atom stereocenters. The van der Waals surface area contributed by atoms with Crippen LogP contribution in [0.2, 0.25) is 0 Å². The van der Waals surface area contributed by atoms with Gasteiger partial charge in [0.25, 0.3) is 11.6 Å². The number of nitrogens with one attached hydrogen (secondary N) is 1. The third kappa shape index (κ3) is 2.32. The predicted octanol–water partition coefficient (Wildman–Crippen LogP) is 2.46. The number of hydrogen-bond donors (Lipinski definition) is 1. The van der Waals surface area contributed by atoms with Crippen LogP contribution >= 0.6 is 0 Å². The number of carbonyl (C=O) groups is 2. The van der Waals surface area contributed by atoms with Gasteiger partial charge in [-0.3, -0.25) is 19.8 Å². The van der Waals surface area contributed by atoms with E-state index in [0.29, 0.717) is 16.9 Å². The van der Waals surface area contributed by atoms with Gasteiger partial charge in [0.2, 0.25) is 0 Å². The van der Waals surface area contributed by atoms with E-state index >= 15 is 0 Å². The van der Waals surface area contributed by atoms with E-state index in [1.807, 2.05) is 0 Å². The molecule has 124 valence electrons. The van der Waals surface area contributed by atoms with Gasteiger partial charge in [-0.2, -0.15) is 0 Å². The number of rotatable bonds is 4. The van der Waals surface area contributed by atoms with Gasteiger partial charge in [-0.05, 0) is 31.5 Å². The first kappa shape index (κ1) is 15.7. The maximum atomic E-state index is 12.7. The molecule has 1 N–H and O–H groups in total. The van der Waals surface area contributed by atoms with Crippen LogP contribution in [0.3, 0.4) is 0 Å². The molecule has 1 aromatic carbocycles. The third-order valence-corrected chi connectivity index (χ3v) is 4.23. The highest BCUT2D eigenvalue weighted by molar-refractivity contribution is 6.06. The minimum Gasteiger partial charge on any atom is -0.466 e. The fourth-order valence-corrected chi connectivity index (χ4v) is 2.78. The number of hydrogen-bond acceptors (Lipinski definition) is 5. The van der Waals surface area contributed by atoms with Crippen molar-refractivity contribution in [3.63, 3.8) is 0 Å². The SMILES string of the molecule is Cc1c(CN2C(=O)NC(C)(c3ccco3)C2=O)cccc1[N+](=O)[O-]. The Bertz CT molecular complexity index is 830. The zero-order chi connectivity index (χ0) is 17.5. The van der Waals surface area contributed by atoms with E-state index in [1.54, 1.807) is 32.0 Å². The molecule has 1 aliphatic heterocycles. The van der Waals surface area contributed by atoms with Crippen molar-refractivity contribution in [1.29, 1.82) is 0 Å². The van der Waals surface area contributed by atoms with Gasteiger partial charge in [-0.15, -0.1) is 0 Å². The molecule has 1 saturated heterocycles. The van der Waals surface area contributed by atoms with Gasteiger partial charge in [0, 0.05) is 11.6 Å². The number of nitrogens with zero attached hydrogens (tertiary/aromatic N) is 2. The van der Waals surface area contributed by atoms with E-state index in [4.69, 9.17) is 4.42 Å². The van der Waals surface area contributed by atoms with Crippen LogP contribution in [0.4, 0.5) is 10.5 Å². The average molecular weight is 329 g/mol. The zero-order valence-electron chi connectivity index (χ0n) is 13.1. The first-order valence-electron chi connectivity index (χ1n) is 7.25. The highest BCUT2D eigenvalue weighted by atomic mass is 16.6. The highest BCUT2D eigenvalue weighted by Crippen LogP contribution is 2.31. The van der Waals surface area contributed by atoms with Crippen LogP contribution in [0.5, 0.6) is 0 Å². The number of carbonyl (C=O) groups excluding carboxylic acids is 2.